The van der Waals surface area contributed by atoms with E-state index in [9.17, 15) is 14.7 Å². The van der Waals surface area contributed by atoms with Crippen LogP contribution in [0.2, 0.25) is 0 Å². The molecule has 0 fully saturated rings. The van der Waals surface area contributed by atoms with Crippen molar-refractivity contribution in [3.63, 3.8) is 0 Å². The van der Waals surface area contributed by atoms with Crippen molar-refractivity contribution < 1.29 is 19.8 Å². The van der Waals surface area contributed by atoms with Crippen LogP contribution in [0.4, 0.5) is 5.69 Å². The van der Waals surface area contributed by atoms with Gasteiger partial charge in [0.05, 0.1) is 16.8 Å². The van der Waals surface area contributed by atoms with Gasteiger partial charge in [0.2, 0.25) is 0 Å². The number of carbonyl (C=O) groups excluding carboxylic acids is 1. The fourth-order valence-corrected chi connectivity index (χ4v) is 1.80. The maximum atomic E-state index is 12.0. The van der Waals surface area contributed by atoms with Crippen molar-refractivity contribution in [2.24, 2.45) is 0 Å². The van der Waals surface area contributed by atoms with Gasteiger partial charge in [0.1, 0.15) is 5.75 Å². The van der Waals surface area contributed by atoms with Gasteiger partial charge in [-0.25, -0.2) is 4.79 Å². The number of phenols is 1. The monoisotopic (exact) mass is 271 g/mol. The average Bonchev–Trinajstić information content (AvgIpc) is 2.41. The number of phenolic OH excluding ortho intramolecular Hbond substituents is 1. The summed E-state index contributed by atoms with van der Waals surface area (Å²) in [5.41, 5.74) is 1.07. The fourth-order valence-electron chi connectivity index (χ4n) is 1.80. The van der Waals surface area contributed by atoms with Crippen molar-refractivity contribution in [1.29, 1.82) is 0 Å². The Hall–Kier alpha value is -2.82. The number of aromatic carboxylic acids is 1. The molecule has 0 aliphatic heterocycles. The molecule has 0 unspecified atom stereocenters. The minimum atomic E-state index is -1.12. The van der Waals surface area contributed by atoms with Gasteiger partial charge in [0.15, 0.2) is 0 Å². The number of hydrogen-bond acceptors (Lipinski definition) is 3. The van der Waals surface area contributed by atoms with Crippen molar-refractivity contribution in [2.45, 2.75) is 6.92 Å². The standard InChI is InChI=1S/C15H13NO4/c1-9-6-7-12(11(8-9)15(19)20)16-14(18)10-4-2-3-5-13(10)17/h2-8,17H,1H3,(H,16,18)(H,19,20). The van der Waals surface area contributed by atoms with E-state index in [2.05, 4.69) is 5.32 Å². The number of amides is 1. The molecular weight excluding hydrogens is 258 g/mol. The molecule has 3 N–H and O–H groups in total. The van der Waals surface area contributed by atoms with Crippen LogP contribution in [-0.4, -0.2) is 22.1 Å². The fraction of sp³-hybridized carbons (Fsp3) is 0.0667. The number of carboxylic acid groups (broad SMARTS) is 1. The molecule has 1 amide bonds. The third kappa shape index (κ3) is 2.77. The molecule has 0 bridgehead atoms. The number of hydrogen-bond donors (Lipinski definition) is 3. The number of rotatable bonds is 3. The zero-order valence-corrected chi connectivity index (χ0v) is 10.8. The number of aryl methyl sites for hydroxylation is 1. The molecule has 2 aromatic rings. The Kier molecular flexibility index (Phi) is 3.70. The highest BCUT2D eigenvalue weighted by Crippen LogP contribution is 2.21. The lowest BCUT2D eigenvalue weighted by Crippen LogP contribution is -2.15. The van der Waals surface area contributed by atoms with Crippen LogP contribution in [0.1, 0.15) is 26.3 Å². The maximum absolute atomic E-state index is 12.0. The zero-order valence-electron chi connectivity index (χ0n) is 10.8. The number of carboxylic acids is 1. The summed E-state index contributed by atoms with van der Waals surface area (Å²) in [5, 5.41) is 21.2. The van der Waals surface area contributed by atoms with Crippen LogP contribution < -0.4 is 5.32 Å². The van der Waals surface area contributed by atoms with E-state index in [1.807, 2.05) is 0 Å². The quantitative estimate of drug-likeness (QED) is 0.801. The van der Waals surface area contributed by atoms with E-state index in [-0.39, 0.29) is 22.6 Å². The van der Waals surface area contributed by atoms with Gasteiger partial charge in [-0.3, -0.25) is 4.79 Å². The highest BCUT2D eigenvalue weighted by molar-refractivity contribution is 6.09. The molecule has 0 aromatic heterocycles. The molecule has 2 aromatic carbocycles. The SMILES string of the molecule is Cc1ccc(NC(=O)c2ccccc2O)c(C(=O)O)c1. The van der Waals surface area contributed by atoms with E-state index in [0.717, 1.165) is 5.56 Å². The molecule has 0 saturated heterocycles. The van der Waals surface area contributed by atoms with Gasteiger partial charge in [0.25, 0.3) is 5.91 Å². The summed E-state index contributed by atoms with van der Waals surface area (Å²) in [6, 6.07) is 10.8. The molecule has 2 rings (SSSR count). The van der Waals surface area contributed by atoms with Crippen LogP contribution in [0, 0.1) is 6.92 Å². The summed E-state index contributed by atoms with van der Waals surface area (Å²) in [6.07, 6.45) is 0. The lowest BCUT2D eigenvalue weighted by molar-refractivity contribution is 0.0698. The van der Waals surface area contributed by atoms with E-state index in [4.69, 9.17) is 5.11 Å². The molecule has 5 heteroatoms. The molecule has 102 valence electrons. The van der Waals surface area contributed by atoms with Gasteiger partial charge in [-0.15, -0.1) is 0 Å². The number of anilines is 1. The number of benzene rings is 2. The Morgan fingerprint density at radius 3 is 2.40 bits per heavy atom. The molecule has 0 atom stereocenters. The third-order valence-electron chi connectivity index (χ3n) is 2.80. The van der Waals surface area contributed by atoms with Crippen LogP contribution in [0.15, 0.2) is 42.5 Å². The first-order valence-electron chi connectivity index (χ1n) is 5.92. The minimum Gasteiger partial charge on any atom is -0.507 e. The van der Waals surface area contributed by atoms with Crippen molar-refractivity contribution in [1.82, 2.24) is 0 Å². The van der Waals surface area contributed by atoms with Gasteiger partial charge in [-0.05, 0) is 31.2 Å². The molecule has 0 saturated carbocycles. The molecule has 0 heterocycles. The second-order valence-electron chi connectivity index (χ2n) is 4.33. The van der Waals surface area contributed by atoms with E-state index in [1.165, 1.54) is 24.3 Å². The Morgan fingerprint density at radius 1 is 1.05 bits per heavy atom. The summed E-state index contributed by atoms with van der Waals surface area (Å²) >= 11 is 0. The Morgan fingerprint density at radius 2 is 1.75 bits per heavy atom. The van der Waals surface area contributed by atoms with E-state index >= 15 is 0 Å². The predicted octanol–water partition coefficient (Wildman–Crippen LogP) is 2.65. The number of carbonyl (C=O) groups is 2. The highest BCUT2D eigenvalue weighted by atomic mass is 16.4. The van der Waals surface area contributed by atoms with Gasteiger partial charge < -0.3 is 15.5 Å². The lowest BCUT2D eigenvalue weighted by Gasteiger charge is -2.10. The Labute approximate surface area is 115 Å². The lowest BCUT2D eigenvalue weighted by atomic mass is 10.1. The van der Waals surface area contributed by atoms with Crippen LogP contribution in [-0.2, 0) is 0 Å². The molecule has 20 heavy (non-hydrogen) atoms. The van der Waals surface area contributed by atoms with Gasteiger partial charge in [-0.1, -0.05) is 23.8 Å². The molecule has 0 radical (unpaired) electrons. The van der Waals surface area contributed by atoms with Crippen LogP contribution in [0.25, 0.3) is 0 Å². The number of nitrogens with one attached hydrogen (secondary N) is 1. The van der Waals surface area contributed by atoms with Gasteiger partial charge in [-0.2, -0.15) is 0 Å². The van der Waals surface area contributed by atoms with E-state index in [0.29, 0.717) is 0 Å². The molecular formula is C15H13NO4. The Bertz CT molecular complexity index is 679. The summed E-state index contributed by atoms with van der Waals surface area (Å²) < 4.78 is 0. The first-order chi connectivity index (χ1) is 9.49. The second kappa shape index (κ2) is 5.44. The third-order valence-corrected chi connectivity index (χ3v) is 2.80. The first kappa shape index (κ1) is 13.6. The van der Waals surface area contributed by atoms with Crippen molar-refractivity contribution in [3.05, 3.63) is 59.2 Å². The van der Waals surface area contributed by atoms with Crippen molar-refractivity contribution in [2.75, 3.05) is 5.32 Å². The number of para-hydroxylation sites is 1. The summed E-state index contributed by atoms with van der Waals surface area (Å²) in [5.74, 6) is -1.84. The van der Waals surface area contributed by atoms with Crippen LogP contribution >= 0.6 is 0 Å². The van der Waals surface area contributed by atoms with Gasteiger partial charge in [0, 0.05) is 0 Å². The normalized spacial score (nSPS) is 10.1. The minimum absolute atomic E-state index is 0.00812. The maximum Gasteiger partial charge on any atom is 0.337 e. The smallest absolute Gasteiger partial charge is 0.337 e. The second-order valence-corrected chi connectivity index (χ2v) is 4.33. The average molecular weight is 271 g/mol. The van der Waals surface area contributed by atoms with Crippen molar-refractivity contribution >= 4 is 17.6 Å². The van der Waals surface area contributed by atoms with Crippen LogP contribution in [0.5, 0.6) is 5.75 Å². The zero-order chi connectivity index (χ0) is 14.7. The van der Waals surface area contributed by atoms with E-state index < -0.39 is 11.9 Å². The molecule has 5 nitrogen and oxygen atoms in total. The molecule has 0 aliphatic carbocycles. The molecule has 0 aliphatic rings. The van der Waals surface area contributed by atoms with E-state index in [1.54, 1.807) is 25.1 Å². The van der Waals surface area contributed by atoms with Gasteiger partial charge >= 0.3 is 5.97 Å². The molecule has 0 spiro atoms. The van der Waals surface area contributed by atoms with Crippen molar-refractivity contribution in [3.8, 4) is 5.75 Å². The highest BCUT2D eigenvalue weighted by Gasteiger charge is 2.15. The van der Waals surface area contributed by atoms with Crippen LogP contribution in [0.3, 0.4) is 0 Å². The summed E-state index contributed by atoms with van der Waals surface area (Å²) in [6.45, 7) is 1.76. The summed E-state index contributed by atoms with van der Waals surface area (Å²) in [4.78, 5) is 23.2. The Balaban J connectivity index is 2.33. The predicted molar refractivity (Wildman–Crippen MR) is 74.2 cm³/mol. The largest absolute Gasteiger partial charge is 0.507 e. The number of aromatic hydroxyl groups is 1. The first-order valence-corrected chi connectivity index (χ1v) is 5.92. The summed E-state index contributed by atoms with van der Waals surface area (Å²) in [7, 11) is 0. The topological polar surface area (TPSA) is 86.6 Å².